The van der Waals surface area contributed by atoms with E-state index in [-0.39, 0.29) is 38.7 Å². The Morgan fingerprint density at radius 3 is 1.75 bits per heavy atom. The number of aliphatic hydroxyl groups excluding tert-OH is 1. The molecule has 0 bridgehead atoms. The number of rotatable bonds is 13. The standard InChI is InChI=1S/C34H61NO10Si3/c1-17-20-40-30(37)28-26(43-46(11,12)32(2,3)4)27(44-47(13,14)33(5,6)7)29(45-48(15,16)34(8,9)10)31(42-28)41-25-19-18-24(35(38)39)21-23(25)22-36/h17-19,21,26-29,31,36H,1,20,22H2,2-16H3/t26-,27+,28+,29-,31-/m1/s1. The lowest BCUT2D eigenvalue weighted by atomic mass is 9.99. The van der Waals surface area contributed by atoms with E-state index < -0.39 is 73.2 Å². The smallest absolute Gasteiger partial charge is 0.338 e. The van der Waals surface area contributed by atoms with Gasteiger partial charge in [-0.2, -0.15) is 0 Å². The fraction of sp³-hybridized carbons (Fsp3) is 0.735. The van der Waals surface area contributed by atoms with Gasteiger partial charge >= 0.3 is 5.97 Å². The highest BCUT2D eigenvalue weighted by Gasteiger charge is 2.59. The minimum atomic E-state index is -2.59. The maximum Gasteiger partial charge on any atom is 0.338 e. The third-order valence-corrected chi connectivity index (χ3v) is 23.9. The summed E-state index contributed by atoms with van der Waals surface area (Å²) in [6.45, 7) is 35.0. The van der Waals surface area contributed by atoms with Crippen molar-refractivity contribution in [2.45, 2.75) is 154 Å². The van der Waals surface area contributed by atoms with Gasteiger partial charge < -0.3 is 32.6 Å². The van der Waals surface area contributed by atoms with Gasteiger partial charge in [0.2, 0.25) is 6.29 Å². The van der Waals surface area contributed by atoms with E-state index in [9.17, 15) is 20.0 Å². The number of nitro benzene ring substituents is 1. The molecule has 274 valence electrons. The molecule has 0 aliphatic carbocycles. The molecule has 0 spiro atoms. The quantitative estimate of drug-likeness (QED) is 0.0698. The molecule has 1 saturated heterocycles. The van der Waals surface area contributed by atoms with E-state index in [4.69, 9.17) is 27.5 Å². The van der Waals surface area contributed by atoms with E-state index in [0.29, 0.717) is 0 Å². The maximum absolute atomic E-state index is 13.9. The molecule has 1 fully saturated rings. The molecule has 1 heterocycles. The van der Waals surface area contributed by atoms with Gasteiger partial charge in [0.05, 0.1) is 11.5 Å². The molecule has 48 heavy (non-hydrogen) atoms. The Kier molecular flexibility index (Phi) is 13.3. The topological polar surface area (TPSA) is 136 Å². The molecule has 14 heteroatoms. The number of hydrogen-bond acceptors (Lipinski definition) is 10. The fourth-order valence-corrected chi connectivity index (χ4v) is 8.17. The first-order valence-corrected chi connectivity index (χ1v) is 25.3. The van der Waals surface area contributed by atoms with Gasteiger partial charge in [-0.05, 0) is 60.5 Å². The molecule has 0 saturated carbocycles. The first kappa shape index (κ1) is 42.2. The first-order chi connectivity index (χ1) is 21.6. The van der Waals surface area contributed by atoms with Crippen LogP contribution in [0.25, 0.3) is 0 Å². The van der Waals surface area contributed by atoms with Gasteiger partial charge in [0.1, 0.15) is 30.7 Å². The zero-order valence-electron chi connectivity index (χ0n) is 31.9. The molecule has 0 unspecified atom stereocenters. The summed E-state index contributed by atoms with van der Waals surface area (Å²) in [7, 11) is -7.76. The van der Waals surface area contributed by atoms with Crippen molar-refractivity contribution >= 4 is 36.6 Å². The van der Waals surface area contributed by atoms with Crippen LogP contribution in [0, 0.1) is 10.1 Å². The van der Waals surface area contributed by atoms with Gasteiger partial charge in [-0.25, -0.2) is 4.79 Å². The number of nitro groups is 1. The maximum atomic E-state index is 13.9. The Morgan fingerprint density at radius 2 is 1.33 bits per heavy atom. The number of carbonyl (C=O) groups is 1. The summed E-state index contributed by atoms with van der Waals surface area (Å²) in [5.41, 5.74) is -0.0101. The molecule has 11 nitrogen and oxygen atoms in total. The summed E-state index contributed by atoms with van der Waals surface area (Å²) in [5.74, 6) is -0.502. The summed E-state index contributed by atoms with van der Waals surface area (Å²) < 4.78 is 40.2. The third-order valence-electron chi connectivity index (χ3n) is 10.4. The molecule has 2 rings (SSSR count). The van der Waals surface area contributed by atoms with Gasteiger partial charge in [-0.3, -0.25) is 10.1 Å². The first-order valence-electron chi connectivity index (χ1n) is 16.6. The number of non-ortho nitro benzene ring substituents is 1. The van der Waals surface area contributed by atoms with Gasteiger partial charge in [-0.1, -0.05) is 75.0 Å². The molecule has 1 aromatic carbocycles. The van der Waals surface area contributed by atoms with Crippen LogP contribution in [0.4, 0.5) is 5.69 Å². The van der Waals surface area contributed by atoms with Gasteiger partial charge in [-0.15, -0.1) is 0 Å². The van der Waals surface area contributed by atoms with Crippen molar-refractivity contribution in [1.82, 2.24) is 0 Å². The average molecular weight is 728 g/mol. The van der Waals surface area contributed by atoms with Crippen molar-refractivity contribution in [1.29, 1.82) is 0 Å². The van der Waals surface area contributed by atoms with Crippen LogP contribution in [0.3, 0.4) is 0 Å². The molecule has 0 radical (unpaired) electrons. The minimum absolute atomic E-state index is 0.0360. The zero-order chi connectivity index (χ0) is 37.3. The molecule has 1 N–H and O–H groups in total. The van der Waals surface area contributed by atoms with Crippen LogP contribution >= 0.6 is 0 Å². The molecular formula is C34H61NO10Si3. The van der Waals surface area contributed by atoms with Crippen LogP contribution < -0.4 is 4.74 Å². The predicted molar refractivity (Wildman–Crippen MR) is 196 cm³/mol. The van der Waals surface area contributed by atoms with E-state index in [1.54, 1.807) is 0 Å². The predicted octanol–water partition coefficient (Wildman–Crippen LogP) is 8.09. The number of hydrogen-bond donors (Lipinski definition) is 1. The second-order valence-corrected chi connectivity index (χ2v) is 31.5. The number of benzene rings is 1. The van der Waals surface area contributed by atoms with E-state index in [0.717, 1.165) is 0 Å². The average Bonchev–Trinajstić information content (AvgIpc) is 2.92. The molecule has 5 atom stereocenters. The second kappa shape index (κ2) is 15.1. The van der Waals surface area contributed by atoms with Crippen molar-refractivity contribution in [3.63, 3.8) is 0 Å². The van der Waals surface area contributed by atoms with Crippen LogP contribution in [0.2, 0.25) is 54.4 Å². The van der Waals surface area contributed by atoms with E-state index in [2.05, 4.69) is 108 Å². The normalized spacial score (nSPS) is 23.0. The van der Waals surface area contributed by atoms with Gasteiger partial charge in [0.25, 0.3) is 5.69 Å². The second-order valence-electron chi connectivity index (χ2n) is 17.2. The molecule has 0 aromatic heterocycles. The largest absolute Gasteiger partial charge is 0.462 e. The van der Waals surface area contributed by atoms with Gasteiger partial charge in [0, 0.05) is 17.7 Å². The summed E-state index contributed by atoms with van der Waals surface area (Å²) in [5, 5.41) is 21.1. The van der Waals surface area contributed by atoms with Crippen LogP contribution in [0.1, 0.15) is 67.9 Å². The molecule has 1 aliphatic rings. The monoisotopic (exact) mass is 727 g/mol. The van der Waals surface area contributed by atoms with E-state index >= 15 is 0 Å². The zero-order valence-corrected chi connectivity index (χ0v) is 34.9. The lowest BCUT2D eigenvalue weighted by Gasteiger charge is -2.53. The van der Waals surface area contributed by atoms with Crippen LogP contribution in [-0.4, -0.2) is 78.3 Å². The van der Waals surface area contributed by atoms with Crippen molar-refractivity contribution < 1.29 is 42.3 Å². The van der Waals surface area contributed by atoms with Crippen LogP contribution in [-0.2, 0) is 34.2 Å². The summed E-state index contributed by atoms with van der Waals surface area (Å²) >= 11 is 0. The number of nitrogens with zero attached hydrogens (tertiary/aromatic N) is 1. The number of carbonyl (C=O) groups excluding carboxylic acids is 1. The summed E-state index contributed by atoms with van der Waals surface area (Å²) in [6, 6.07) is 3.97. The van der Waals surface area contributed by atoms with Gasteiger partial charge in [0.15, 0.2) is 31.1 Å². The summed E-state index contributed by atoms with van der Waals surface area (Å²) in [6.07, 6.45) is -3.66. The highest BCUT2D eigenvalue weighted by atomic mass is 28.4. The number of esters is 1. The SMILES string of the molecule is C=CCOC(=O)[C@H]1O[C@@H](Oc2ccc([N+](=O)[O-])cc2CO)[C@H](O[Si](C)(C)C(C)(C)C)[C@@H](O[Si](C)(C)C(C)(C)C)[C@H]1O[Si](C)(C)C(C)(C)C. The lowest BCUT2D eigenvalue weighted by Crippen LogP contribution is -2.69. The fourth-order valence-electron chi connectivity index (χ4n) is 4.30. The number of ether oxygens (including phenoxy) is 3. The van der Waals surface area contributed by atoms with Crippen molar-refractivity contribution in [2.24, 2.45) is 0 Å². The van der Waals surface area contributed by atoms with Crippen LogP contribution in [0.5, 0.6) is 5.75 Å². The van der Waals surface area contributed by atoms with Crippen LogP contribution in [0.15, 0.2) is 30.9 Å². The number of aliphatic hydroxyl groups is 1. The van der Waals surface area contributed by atoms with E-state index in [1.165, 1.54) is 24.3 Å². The Hall–Kier alpha value is -1.92. The Balaban J connectivity index is 2.94. The highest BCUT2D eigenvalue weighted by molar-refractivity contribution is 6.75. The Bertz CT molecular complexity index is 1300. The Labute approximate surface area is 291 Å². The molecule has 1 aliphatic heterocycles. The minimum Gasteiger partial charge on any atom is -0.462 e. The summed E-state index contributed by atoms with van der Waals surface area (Å²) in [4.78, 5) is 24.9. The Morgan fingerprint density at radius 1 is 0.875 bits per heavy atom. The molecule has 1 aromatic rings. The molecular weight excluding hydrogens is 667 g/mol. The van der Waals surface area contributed by atoms with Crippen molar-refractivity contribution in [3.8, 4) is 5.75 Å². The van der Waals surface area contributed by atoms with Crippen molar-refractivity contribution in [3.05, 3.63) is 46.5 Å². The molecule has 0 amide bonds. The lowest BCUT2D eigenvalue weighted by molar-refractivity contribution is -0.385. The third kappa shape index (κ3) is 9.86. The van der Waals surface area contributed by atoms with E-state index in [1.807, 2.05) is 0 Å². The highest BCUT2D eigenvalue weighted by Crippen LogP contribution is 2.46. The van der Waals surface area contributed by atoms with Crippen molar-refractivity contribution in [2.75, 3.05) is 6.61 Å².